The van der Waals surface area contributed by atoms with Gasteiger partial charge in [0.2, 0.25) is 11.7 Å². The molecule has 0 aliphatic carbocycles. The van der Waals surface area contributed by atoms with Crippen LogP contribution in [0.1, 0.15) is 33.1 Å². The molecule has 0 aromatic heterocycles. The summed E-state index contributed by atoms with van der Waals surface area (Å²) in [6.45, 7) is 4.24. The largest absolute Gasteiger partial charge is 0.352 e. The minimum absolute atomic E-state index is 0.0540. The molecule has 2 atom stereocenters. The topological polar surface area (TPSA) is 92.5 Å². The number of Topliss-reactive ketones (excluding diaryl/α,β-unsaturated/α-hetero) is 1. The van der Waals surface area contributed by atoms with E-state index in [-0.39, 0.29) is 11.9 Å². The predicted molar refractivity (Wildman–Crippen MR) is 66.7 cm³/mol. The van der Waals surface area contributed by atoms with Gasteiger partial charge in [-0.3, -0.25) is 14.4 Å². The molecule has 0 spiro atoms. The molecule has 1 aliphatic heterocycles. The Morgan fingerprint density at radius 3 is 2.67 bits per heavy atom. The number of nitrogens with one attached hydrogen (secondary N) is 1. The zero-order valence-corrected chi connectivity index (χ0v) is 10.9. The van der Waals surface area contributed by atoms with Crippen molar-refractivity contribution in [2.75, 3.05) is 13.1 Å². The van der Waals surface area contributed by atoms with Gasteiger partial charge in [0.05, 0.1) is 6.04 Å². The predicted octanol–water partition coefficient (Wildman–Crippen LogP) is -0.580. The summed E-state index contributed by atoms with van der Waals surface area (Å²) in [5.74, 6) is -1.17. The lowest BCUT2D eigenvalue weighted by Crippen LogP contribution is -2.45. The number of nitrogens with zero attached hydrogens (tertiary/aromatic N) is 1. The van der Waals surface area contributed by atoms with Crippen LogP contribution in [0.2, 0.25) is 0 Å². The van der Waals surface area contributed by atoms with Crippen molar-refractivity contribution in [2.45, 2.75) is 45.2 Å². The second-order valence-corrected chi connectivity index (χ2v) is 4.70. The van der Waals surface area contributed by atoms with Gasteiger partial charge in [0, 0.05) is 26.1 Å². The Labute approximate surface area is 107 Å². The summed E-state index contributed by atoms with van der Waals surface area (Å²) in [5, 5.41) is 2.74. The number of hydrogen-bond donors (Lipinski definition) is 2. The fraction of sp³-hybridized carbons (Fsp3) is 0.750. The van der Waals surface area contributed by atoms with Crippen molar-refractivity contribution in [3.63, 3.8) is 0 Å². The Hall–Kier alpha value is -1.43. The highest BCUT2D eigenvalue weighted by Crippen LogP contribution is 2.10. The first-order valence-corrected chi connectivity index (χ1v) is 6.31. The SMILES string of the molecule is CCCC(N)C(=O)C(=O)N1CCC(NC(C)=O)C1. The van der Waals surface area contributed by atoms with E-state index in [4.69, 9.17) is 5.73 Å². The number of carbonyl (C=O) groups excluding carboxylic acids is 3. The average molecular weight is 255 g/mol. The van der Waals surface area contributed by atoms with Crippen LogP contribution in [0.15, 0.2) is 0 Å². The van der Waals surface area contributed by atoms with Gasteiger partial charge in [0.15, 0.2) is 0 Å². The van der Waals surface area contributed by atoms with Gasteiger partial charge >= 0.3 is 0 Å². The highest BCUT2D eigenvalue weighted by molar-refractivity contribution is 6.38. The van der Waals surface area contributed by atoms with E-state index in [1.807, 2.05) is 6.92 Å². The van der Waals surface area contributed by atoms with Crippen molar-refractivity contribution in [1.82, 2.24) is 10.2 Å². The second kappa shape index (κ2) is 6.49. The standard InChI is InChI=1S/C12H21N3O3/c1-3-4-10(13)11(17)12(18)15-6-5-9(7-15)14-8(2)16/h9-10H,3-7,13H2,1-2H3,(H,14,16). The van der Waals surface area contributed by atoms with Gasteiger partial charge in [0.1, 0.15) is 0 Å². The zero-order valence-electron chi connectivity index (χ0n) is 10.9. The lowest BCUT2D eigenvalue weighted by molar-refractivity contribution is -0.144. The van der Waals surface area contributed by atoms with Crippen LogP contribution < -0.4 is 11.1 Å². The fourth-order valence-electron chi connectivity index (χ4n) is 2.11. The van der Waals surface area contributed by atoms with Crippen molar-refractivity contribution in [1.29, 1.82) is 0 Å². The van der Waals surface area contributed by atoms with Gasteiger partial charge in [-0.15, -0.1) is 0 Å². The molecule has 1 aliphatic rings. The Bertz CT molecular complexity index is 343. The molecule has 0 bridgehead atoms. The first-order chi connectivity index (χ1) is 8.45. The Kier molecular flexibility index (Phi) is 5.27. The van der Waals surface area contributed by atoms with Crippen LogP contribution in [0, 0.1) is 0 Å². The Morgan fingerprint density at radius 1 is 1.44 bits per heavy atom. The third kappa shape index (κ3) is 3.80. The van der Waals surface area contributed by atoms with Crippen LogP contribution in [-0.4, -0.2) is 47.7 Å². The molecule has 2 unspecified atom stereocenters. The van der Waals surface area contributed by atoms with Gasteiger partial charge in [-0.2, -0.15) is 0 Å². The maximum atomic E-state index is 11.9. The van der Waals surface area contributed by atoms with Crippen molar-refractivity contribution < 1.29 is 14.4 Å². The number of hydrogen-bond acceptors (Lipinski definition) is 4. The van der Waals surface area contributed by atoms with E-state index in [0.717, 1.165) is 6.42 Å². The molecule has 0 saturated carbocycles. The molecule has 1 saturated heterocycles. The molecule has 102 valence electrons. The smallest absolute Gasteiger partial charge is 0.291 e. The lowest BCUT2D eigenvalue weighted by atomic mass is 10.1. The maximum absolute atomic E-state index is 11.9. The van der Waals surface area contributed by atoms with Crippen LogP contribution in [0.3, 0.4) is 0 Å². The summed E-state index contributed by atoms with van der Waals surface area (Å²) in [6, 6.07) is -0.760. The van der Waals surface area contributed by atoms with Crippen molar-refractivity contribution >= 4 is 17.6 Å². The zero-order chi connectivity index (χ0) is 13.7. The number of amides is 2. The molecule has 1 fully saturated rings. The van der Waals surface area contributed by atoms with E-state index in [2.05, 4.69) is 5.32 Å². The molecule has 1 heterocycles. The van der Waals surface area contributed by atoms with Crippen molar-refractivity contribution in [2.24, 2.45) is 5.73 Å². The quantitative estimate of drug-likeness (QED) is 0.643. The summed E-state index contributed by atoms with van der Waals surface area (Å²) in [5.41, 5.74) is 5.64. The van der Waals surface area contributed by atoms with E-state index >= 15 is 0 Å². The summed E-state index contributed by atoms with van der Waals surface area (Å²) < 4.78 is 0. The van der Waals surface area contributed by atoms with Gasteiger partial charge in [0.25, 0.3) is 5.91 Å². The third-order valence-corrected chi connectivity index (χ3v) is 3.03. The van der Waals surface area contributed by atoms with E-state index < -0.39 is 17.7 Å². The van der Waals surface area contributed by atoms with Crippen molar-refractivity contribution in [3.05, 3.63) is 0 Å². The van der Waals surface area contributed by atoms with Crippen LogP contribution in [-0.2, 0) is 14.4 Å². The molecule has 0 radical (unpaired) electrons. The minimum Gasteiger partial charge on any atom is -0.352 e. The first kappa shape index (κ1) is 14.6. The Balaban J connectivity index is 2.49. The van der Waals surface area contributed by atoms with Gasteiger partial charge < -0.3 is 16.0 Å². The summed E-state index contributed by atoms with van der Waals surface area (Å²) in [7, 11) is 0. The van der Waals surface area contributed by atoms with Gasteiger partial charge in [-0.25, -0.2) is 0 Å². The van der Waals surface area contributed by atoms with Crippen molar-refractivity contribution in [3.8, 4) is 0 Å². The summed E-state index contributed by atoms with van der Waals surface area (Å²) in [4.78, 5) is 36.0. The minimum atomic E-state index is -0.706. The molecular weight excluding hydrogens is 234 g/mol. The van der Waals surface area contributed by atoms with Gasteiger partial charge in [-0.05, 0) is 12.8 Å². The van der Waals surface area contributed by atoms with E-state index in [0.29, 0.717) is 25.9 Å². The van der Waals surface area contributed by atoms with Crippen LogP contribution in [0.4, 0.5) is 0 Å². The molecule has 2 amide bonds. The highest BCUT2D eigenvalue weighted by atomic mass is 16.2. The van der Waals surface area contributed by atoms with E-state index in [1.165, 1.54) is 11.8 Å². The molecule has 1 rings (SSSR count). The second-order valence-electron chi connectivity index (χ2n) is 4.70. The maximum Gasteiger partial charge on any atom is 0.291 e. The average Bonchev–Trinajstić information content (AvgIpc) is 2.75. The number of likely N-dealkylation sites (tertiary alicyclic amines) is 1. The number of rotatable bonds is 5. The number of carbonyl (C=O) groups is 3. The normalized spacial score (nSPS) is 20.6. The molecular formula is C12H21N3O3. The molecule has 3 N–H and O–H groups in total. The summed E-state index contributed by atoms with van der Waals surface area (Å²) >= 11 is 0. The molecule has 0 aromatic carbocycles. The summed E-state index contributed by atoms with van der Waals surface area (Å²) in [6.07, 6.45) is 1.98. The first-order valence-electron chi connectivity index (χ1n) is 6.31. The van der Waals surface area contributed by atoms with E-state index in [1.54, 1.807) is 0 Å². The monoisotopic (exact) mass is 255 g/mol. The number of ketones is 1. The number of nitrogens with two attached hydrogens (primary N) is 1. The highest BCUT2D eigenvalue weighted by Gasteiger charge is 2.32. The van der Waals surface area contributed by atoms with Crippen LogP contribution in [0.25, 0.3) is 0 Å². The molecule has 0 aromatic rings. The van der Waals surface area contributed by atoms with E-state index in [9.17, 15) is 14.4 Å². The van der Waals surface area contributed by atoms with Crippen LogP contribution in [0.5, 0.6) is 0 Å². The molecule has 6 heteroatoms. The lowest BCUT2D eigenvalue weighted by Gasteiger charge is -2.18. The fourth-order valence-corrected chi connectivity index (χ4v) is 2.11. The molecule has 6 nitrogen and oxygen atoms in total. The Morgan fingerprint density at radius 2 is 2.11 bits per heavy atom. The van der Waals surface area contributed by atoms with Crippen LogP contribution >= 0.6 is 0 Å². The van der Waals surface area contributed by atoms with Gasteiger partial charge in [-0.1, -0.05) is 13.3 Å². The molecule has 18 heavy (non-hydrogen) atoms. The third-order valence-electron chi connectivity index (χ3n) is 3.03.